The van der Waals surface area contributed by atoms with Gasteiger partial charge in [0.15, 0.2) is 0 Å². The molecule has 3 heteroatoms. The Morgan fingerprint density at radius 1 is 1.06 bits per heavy atom. The van der Waals surface area contributed by atoms with Crippen LogP contribution in [-0.4, -0.2) is 22.4 Å². The maximum Gasteiger partial charge on any atom is 0.115 e. The second-order valence-electron chi connectivity index (χ2n) is 13.4. The Morgan fingerprint density at radius 2 is 1.91 bits per heavy atom. The monoisotopic (exact) mass is 459 g/mol. The van der Waals surface area contributed by atoms with Crippen molar-refractivity contribution in [2.45, 2.75) is 108 Å². The van der Waals surface area contributed by atoms with Gasteiger partial charge >= 0.3 is 0 Å². The lowest BCUT2D eigenvalue weighted by Crippen LogP contribution is -2.75. The Kier molecular flexibility index (Phi) is 4.80. The Labute approximate surface area is 205 Å². The second-order valence-corrected chi connectivity index (χ2v) is 13.4. The molecule has 8 rings (SSSR count). The van der Waals surface area contributed by atoms with Gasteiger partial charge in [-0.2, -0.15) is 0 Å². The molecule has 34 heavy (non-hydrogen) atoms. The van der Waals surface area contributed by atoms with E-state index in [0.717, 1.165) is 12.8 Å². The fraction of sp³-hybridized carbons (Fsp3) is 0.742. The van der Waals surface area contributed by atoms with Crippen LogP contribution in [0.2, 0.25) is 0 Å². The molecule has 2 spiro atoms. The molecule has 2 heterocycles. The number of fused-ring (bicyclic) bond motifs is 3. The van der Waals surface area contributed by atoms with E-state index in [4.69, 9.17) is 10.5 Å². The number of rotatable bonds is 0. The SMILES string of the molecule is CC12CCCC3CC4(O1)C1CC(Cc5ccc(O)cc5CC#CC4C(N)C32)CC2(CCCC2)C1. The van der Waals surface area contributed by atoms with Crippen LogP contribution in [0.3, 0.4) is 0 Å². The molecule has 8 atom stereocenters. The first kappa shape index (κ1) is 21.8. The average molecular weight is 460 g/mol. The van der Waals surface area contributed by atoms with Gasteiger partial charge in [0.1, 0.15) is 5.75 Å². The number of hydrogen-bond acceptors (Lipinski definition) is 3. The van der Waals surface area contributed by atoms with E-state index < -0.39 is 0 Å². The summed E-state index contributed by atoms with van der Waals surface area (Å²) >= 11 is 0. The first-order valence-electron chi connectivity index (χ1n) is 14.1. The molecule has 0 radical (unpaired) electrons. The Balaban J connectivity index is 1.37. The molecule has 6 bridgehead atoms. The third-order valence-electron chi connectivity index (χ3n) is 11.4. The van der Waals surface area contributed by atoms with E-state index in [1.165, 1.54) is 75.3 Å². The molecule has 5 aliphatic carbocycles. The van der Waals surface area contributed by atoms with Crippen molar-refractivity contribution in [2.24, 2.45) is 40.7 Å². The van der Waals surface area contributed by atoms with Gasteiger partial charge in [-0.3, -0.25) is 0 Å². The molecule has 3 N–H and O–H groups in total. The van der Waals surface area contributed by atoms with Gasteiger partial charge in [-0.25, -0.2) is 0 Å². The van der Waals surface area contributed by atoms with E-state index in [1.54, 1.807) is 0 Å². The summed E-state index contributed by atoms with van der Waals surface area (Å²) in [4.78, 5) is 0. The van der Waals surface area contributed by atoms with E-state index >= 15 is 0 Å². The molecule has 182 valence electrons. The predicted molar refractivity (Wildman–Crippen MR) is 134 cm³/mol. The lowest BCUT2D eigenvalue weighted by atomic mass is 9.46. The maximum absolute atomic E-state index is 10.2. The minimum Gasteiger partial charge on any atom is -0.508 e. The summed E-state index contributed by atoms with van der Waals surface area (Å²) < 4.78 is 7.44. The van der Waals surface area contributed by atoms with Crippen molar-refractivity contribution in [3.8, 4) is 17.6 Å². The van der Waals surface area contributed by atoms with Crippen molar-refractivity contribution in [1.29, 1.82) is 0 Å². The molecule has 0 aromatic heterocycles. The van der Waals surface area contributed by atoms with Crippen LogP contribution in [-0.2, 0) is 17.6 Å². The fourth-order valence-electron chi connectivity index (χ4n) is 10.4. The molecule has 3 nitrogen and oxygen atoms in total. The second kappa shape index (κ2) is 7.50. The smallest absolute Gasteiger partial charge is 0.115 e. The highest BCUT2D eigenvalue weighted by atomic mass is 16.5. The highest BCUT2D eigenvalue weighted by molar-refractivity contribution is 5.39. The molecule has 1 aromatic rings. The molecular weight excluding hydrogens is 418 g/mol. The zero-order valence-electron chi connectivity index (χ0n) is 20.8. The predicted octanol–water partition coefficient (Wildman–Crippen LogP) is 5.76. The molecule has 0 amide bonds. The highest BCUT2D eigenvalue weighted by Gasteiger charge is 2.68. The van der Waals surface area contributed by atoms with Gasteiger partial charge in [-0.1, -0.05) is 37.2 Å². The van der Waals surface area contributed by atoms with E-state index in [0.29, 0.717) is 41.3 Å². The molecule has 8 unspecified atom stereocenters. The van der Waals surface area contributed by atoms with E-state index in [1.807, 2.05) is 12.1 Å². The van der Waals surface area contributed by atoms with Gasteiger partial charge in [0.05, 0.1) is 17.1 Å². The number of phenols is 1. The molecule has 1 aromatic carbocycles. The van der Waals surface area contributed by atoms with Crippen molar-refractivity contribution >= 4 is 0 Å². The van der Waals surface area contributed by atoms with E-state index in [9.17, 15) is 5.11 Å². The van der Waals surface area contributed by atoms with E-state index in [-0.39, 0.29) is 23.2 Å². The Morgan fingerprint density at radius 3 is 2.74 bits per heavy atom. The van der Waals surface area contributed by atoms with E-state index in [2.05, 4.69) is 24.8 Å². The first-order valence-corrected chi connectivity index (χ1v) is 14.1. The summed E-state index contributed by atoms with van der Waals surface area (Å²) in [5.74, 6) is 10.2. The number of ether oxygens (including phenoxy) is 1. The minimum atomic E-state index is -0.173. The van der Waals surface area contributed by atoms with Crippen LogP contribution in [0.15, 0.2) is 18.2 Å². The summed E-state index contributed by atoms with van der Waals surface area (Å²) in [6.45, 7) is 2.39. The topological polar surface area (TPSA) is 55.5 Å². The summed E-state index contributed by atoms with van der Waals surface area (Å²) in [6.07, 6.45) is 16.3. The molecule has 2 aliphatic heterocycles. The summed E-state index contributed by atoms with van der Waals surface area (Å²) in [7, 11) is 0. The van der Waals surface area contributed by atoms with Crippen molar-refractivity contribution in [3.05, 3.63) is 29.3 Å². The minimum absolute atomic E-state index is 0.0660. The number of nitrogens with two attached hydrogens (primary N) is 1. The molecule has 7 aliphatic rings. The maximum atomic E-state index is 10.2. The van der Waals surface area contributed by atoms with Gasteiger partial charge in [-0.15, -0.1) is 0 Å². The van der Waals surface area contributed by atoms with Crippen LogP contribution in [0.5, 0.6) is 5.75 Å². The first-order chi connectivity index (χ1) is 16.4. The zero-order chi connectivity index (χ0) is 23.1. The summed E-state index contributed by atoms with van der Waals surface area (Å²) in [5, 5.41) is 10.2. The van der Waals surface area contributed by atoms with Crippen LogP contribution in [0, 0.1) is 46.8 Å². The fourth-order valence-corrected chi connectivity index (χ4v) is 10.4. The number of hydrogen-bond donors (Lipinski definition) is 2. The van der Waals surface area contributed by atoms with Gasteiger partial charge in [0.25, 0.3) is 0 Å². The largest absolute Gasteiger partial charge is 0.508 e. The van der Waals surface area contributed by atoms with Crippen molar-refractivity contribution in [2.75, 3.05) is 0 Å². The number of phenolic OH excluding ortho intramolecular Hbond substituents is 1. The molecule has 2 saturated heterocycles. The zero-order valence-corrected chi connectivity index (χ0v) is 20.8. The lowest BCUT2D eigenvalue weighted by Gasteiger charge is -2.69. The molecule has 6 fully saturated rings. The number of benzene rings is 1. The van der Waals surface area contributed by atoms with Crippen LogP contribution in [0.1, 0.15) is 88.7 Å². The standard InChI is InChI=1S/C31H41NO2/c1-29-11-5-7-23-18-31(34-29)24-15-20(17-30(19-24)12-2-3-13-30)14-22-9-10-25(33)16-21(22)6-4-8-26(31)28(32)27(23)29/h9-10,16,20,23-24,26-28,33H,2-3,5-7,11-15,17-19,32H2,1H3. The average Bonchev–Trinajstić information content (AvgIpc) is 3.22. The number of aromatic hydroxyl groups is 1. The highest BCUT2D eigenvalue weighted by Crippen LogP contribution is 2.66. The Bertz CT molecular complexity index is 1050. The van der Waals surface area contributed by atoms with Gasteiger partial charge in [0, 0.05) is 18.4 Å². The summed E-state index contributed by atoms with van der Waals surface area (Å²) in [5.41, 5.74) is 10.1. The quantitative estimate of drug-likeness (QED) is 0.485. The van der Waals surface area contributed by atoms with Crippen LogP contribution >= 0.6 is 0 Å². The third kappa shape index (κ3) is 3.10. The molecule has 4 saturated carbocycles. The van der Waals surface area contributed by atoms with Crippen molar-refractivity contribution in [3.63, 3.8) is 0 Å². The lowest BCUT2D eigenvalue weighted by molar-refractivity contribution is -0.324. The van der Waals surface area contributed by atoms with Crippen LogP contribution in [0.25, 0.3) is 0 Å². The van der Waals surface area contributed by atoms with Crippen molar-refractivity contribution < 1.29 is 9.84 Å². The third-order valence-corrected chi connectivity index (χ3v) is 11.4. The normalized spacial score (nSPS) is 46.1. The van der Waals surface area contributed by atoms with Crippen molar-refractivity contribution in [1.82, 2.24) is 0 Å². The van der Waals surface area contributed by atoms with Gasteiger partial charge in [-0.05, 0) is 111 Å². The van der Waals surface area contributed by atoms with Gasteiger partial charge < -0.3 is 15.6 Å². The van der Waals surface area contributed by atoms with Gasteiger partial charge in [0.2, 0.25) is 0 Å². The molecular formula is C31H41NO2. The van der Waals surface area contributed by atoms with Crippen LogP contribution in [0.4, 0.5) is 0 Å². The Hall–Kier alpha value is -1.50. The summed E-state index contributed by atoms with van der Waals surface area (Å²) in [6, 6.07) is 6.12. The van der Waals surface area contributed by atoms with Crippen LogP contribution < -0.4 is 5.73 Å².